The number of benzene rings is 3. The fourth-order valence-corrected chi connectivity index (χ4v) is 6.01. The minimum Gasteiger partial charge on any atom is -0.454 e. The first kappa shape index (κ1) is 29.3. The van der Waals surface area contributed by atoms with Crippen molar-refractivity contribution in [3.05, 3.63) is 106 Å². The van der Waals surface area contributed by atoms with E-state index in [-0.39, 0.29) is 12.7 Å². The van der Waals surface area contributed by atoms with Crippen molar-refractivity contribution >= 4 is 45.7 Å². The van der Waals surface area contributed by atoms with E-state index in [4.69, 9.17) is 37.4 Å². The zero-order valence-corrected chi connectivity index (χ0v) is 26.1. The van der Waals surface area contributed by atoms with Gasteiger partial charge in [0.15, 0.2) is 11.5 Å². The van der Waals surface area contributed by atoms with E-state index in [2.05, 4.69) is 21.3 Å². The molecule has 0 spiro atoms. The van der Waals surface area contributed by atoms with Crippen molar-refractivity contribution in [2.24, 2.45) is 7.05 Å². The lowest BCUT2D eigenvalue weighted by Gasteiger charge is -2.34. The number of carbonyl (C=O) groups is 1. The van der Waals surface area contributed by atoms with Crippen LogP contribution >= 0.6 is 23.2 Å². The lowest BCUT2D eigenvalue weighted by atomic mass is 10.1. The van der Waals surface area contributed by atoms with Crippen molar-refractivity contribution in [3.63, 3.8) is 0 Å². The lowest BCUT2D eigenvalue weighted by Crippen LogP contribution is -2.48. The fraction of sp³-hybridized carbons (Fsp3) is 0.235. The molecule has 0 atom stereocenters. The number of halogens is 2. The average Bonchev–Trinajstić information content (AvgIpc) is 3.66. The largest absolute Gasteiger partial charge is 0.454 e. The van der Waals surface area contributed by atoms with Crippen LogP contribution in [0.4, 0.5) is 5.69 Å². The van der Waals surface area contributed by atoms with Crippen molar-refractivity contribution in [2.45, 2.75) is 13.1 Å². The topological polar surface area (TPSA) is 81.1 Å². The Bertz CT molecular complexity index is 1870. The van der Waals surface area contributed by atoms with Crippen molar-refractivity contribution in [3.8, 4) is 23.1 Å². The molecule has 9 nitrogen and oxygen atoms in total. The van der Waals surface area contributed by atoms with E-state index in [1.807, 2.05) is 77.2 Å². The second-order valence-electron chi connectivity index (χ2n) is 11.2. The first-order valence-electron chi connectivity index (χ1n) is 14.7. The Morgan fingerprint density at radius 3 is 2.51 bits per heavy atom. The SMILES string of the molecule is Cn1c(C(=O)N2CCN(Cc3ccc4c(c3)OCO4)CC2)cc2cc(Oc3ccc(NCc4ccc(Cl)c(Cl)c4)cn3)ccc21. The molecule has 2 aromatic heterocycles. The van der Waals surface area contributed by atoms with Crippen LogP contribution < -0.4 is 19.5 Å². The standard InChI is InChI=1S/C34H31Cl2N5O4/c1-39-29-7-5-26(45-33-9-4-25(19-38-33)37-18-22-2-6-27(35)28(36)14-22)16-24(29)17-30(39)34(42)41-12-10-40(11-13-41)20-23-3-8-31-32(15-23)44-21-43-31/h2-9,14-17,19,37H,10-13,18,20-21H2,1H3. The summed E-state index contributed by atoms with van der Waals surface area (Å²) in [6.45, 7) is 4.61. The Labute approximate surface area is 270 Å². The van der Waals surface area contributed by atoms with Gasteiger partial charge in [-0.05, 0) is 65.7 Å². The van der Waals surface area contributed by atoms with Gasteiger partial charge in [0.05, 0.1) is 21.9 Å². The maximum Gasteiger partial charge on any atom is 0.270 e. The molecule has 2 aliphatic rings. The summed E-state index contributed by atoms with van der Waals surface area (Å²) < 4.78 is 18.9. The van der Waals surface area contributed by atoms with Crippen molar-refractivity contribution in [1.29, 1.82) is 0 Å². The van der Waals surface area contributed by atoms with Crippen LogP contribution in [-0.2, 0) is 20.1 Å². The Balaban J connectivity index is 0.955. The molecule has 7 rings (SSSR count). The van der Waals surface area contributed by atoms with Crippen molar-refractivity contribution < 1.29 is 19.0 Å². The summed E-state index contributed by atoms with van der Waals surface area (Å²) in [5.41, 5.74) is 4.65. The number of nitrogens with zero attached hydrogens (tertiary/aromatic N) is 4. The third kappa shape index (κ3) is 6.38. The summed E-state index contributed by atoms with van der Waals surface area (Å²) in [6, 6.07) is 23.1. The molecule has 0 radical (unpaired) electrons. The average molecular weight is 645 g/mol. The molecule has 230 valence electrons. The first-order valence-corrected chi connectivity index (χ1v) is 15.5. The Morgan fingerprint density at radius 2 is 1.71 bits per heavy atom. The van der Waals surface area contributed by atoms with E-state index < -0.39 is 0 Å². The van der Waals surface area contributed by atoms with E-state index in [0.717, 1.165) is 53.3 Å². The maximum atomic E-state index is 13.6. The van der Waals surface area contributed by atoms with Gasteiger partial charge in [0, 0.05) is 63.3 Å². The molecule has 1 fully saturated rings. The summed E-state index contributed by atoms with van der Waals surface area (Å²) in [5, 5.41) is 5.31. The number of rotatable bonds is 8. The molecule has 11 heteroatoms. The minimum absolute atomic E-state index is 0.0320. The van der Waals surface area contributed by atoms with Crippen LogP contribution in [-0.4, -0.2) is 58.2 Å². The van der Waals surface area contributed by atoms with Gasteiger partial charge >= 0.3 is 0 Å². The highest BCUT2D eigenvalue weighted by Crippen LogP contribution is 2.33. The second kappa shape index (κ2) is 12.5. The second-order valence-corrected chi connectivity index (χ2v) is 12.0. The number of hydrogen-bond donors (Lipinski definition) is 1. The molecule has 1 N–H and O–H groups in total. The molecule has 0 saturated carbocycles. The van der Waals surface area contributed by atoms with Crippen molar-refractivity contribution in [1.82, 2.24) is 19.4 Å². The van der Waals surface area contributed by atoms with Crippen LogP contribution in [0.25, 0.3) is 10.9 Å². The number of pyridine rings is 1. The molecule has 0 bridgehead atoms. The summed E-state index contributed by atoms with van der Waals surface area (Å²) in [7, 11) is 1.93. The van der Waals surface area contributed by atoms with Gasteiger partial charge < -0.3 is 29.0 Å². The molecule has 2 aliphatic heterocycles. The predicted octanol–water partition coefficient (Wildman–Crippen LogP) is 6.97. The number of anilines is 1. The monoisotopic (exact) mass is 643 g/mol. The molecule has 1 amide bonds. The van der Waals surface area contributed by atoms with Gasteiger partial charge in [0.1, 0.15) is 11.4 Å². The summed E-state index contributed by atoms with van der Waals surface area (Å²) >= 11 is 12.1. The summed E-state index contributed by atoms with van der Waals surface area (Å²) in [6.07, 6.45) is 1.72. The molecule has 4 heterocycles. The van der Waals surface area contributed by atoms with Crippen LogP contribution in [0.3, 0.4) is 0 Å². The van der Waals surface area contributed by atoms with E-state index >= 15 is 0 Å². The van der Waals surface area contributed by atoms with Crippen LogP contribution in [0.2, 0.25) is 10.0 Å². The van der Waals surface area contributed by atoms with Crippen LogP contribution in [0.15, 0.2) is 79.0 Å². The van der Waals surface area contributed by atoms with Gasteiger partial charge in [0.2, 0.25) is 12.7 Å². The highest BCUT2D eigenvalue weighted by molar-refractivity contribution is 6.42. The zero-order valence-electron chi connectivity index (χ0n) is 24.6. The molecule has 5 aromatic rings. The number of aromatic nitrogens is 2. The number of fused-ring (bicyclic) bond motifs is 2. The third-order valence-electron chi connectivity index (χ3n) is 8.18. The van der Waals surface area contributed by atoms with Gasteiger partial charge in [-0.1, -0.05) is 35.3 Å². The molecule has 3 aromatic carbocycles. The third-order valence-corrected chi connectivity index (χ3v) is 8.91. The van der Waals surface area contributed by atoms with Crippen LogP contribution in [0.5, 0.6) is 23.1 Å². The fourth-order valence-electron chi connectivity index (χ4n) is 5.68. The molecule has 1 saturated heterocycles. The molecular weight excluding hydrogens is 613 g/mol. The van der Waals surface area contributed by atoms with E-state index in [1.54, 1.807) is 12.3 Å². The van der Waals surface area contributed by atoms with E-state index in [0.29, 0.717) is 47.0 Å². The van der Waals surface area contributed by atoms with E-state index in [9.17, 15) is 4.79 Å². The molecule has 0 unspecified atom stereocenters. The van der Waals surface area contributed by atoms with E-state index in [1.165, 1.54) is 5.56 Å². The maximum absolute atomic E-state index is 13.6. The Kier molecular flexibility index (Phi) is 8.14. The highest BCUT2D eigenvalue weighted by atomic mass is 35.5. The zero-order chi connectivity index (χ0) is 30.9. The summed E-state index contributed by atoms with van der Waals surface area (Å²) in [4.78, 5) is 22.3. The van der Waals surface area contributed by atoms with Gasteiger partial charge in [-0.2, -0.15) is 0 Å². The number of hydrogen-bond acceptors (Lipinski definition) is 7. The first-order chi connectivity index (χ1) is 21.9. The smallest absolute Gasteiger partial charge is 0.270 e. The number of aryl methyl sites for hydroxylation is 1. The Hall–Kier alpha value is -4.44. The predicted molar refractivity (Wildman–Crippen MR) is 175 cm³/mol. The quantitative estimate of drug-likeness (QED) is 0.196. The normalized spacial score (nSPS) is 14.6. The summed E-state index contributed by atoms with van der Waals surface area (Å²) in [5.74, 6) is 2.74. The number of amides is 1. The Morgan fingerprint density at radius 1 is 0.889 bits per heavy atom. The van der Waals surface area contributed by atoms with Gasteiger partial charge in [-0.15, -0.1) is 0 Å². The highest BCUT2D eigenvalue weighted by Gasteiger charge is 2.25. The lowest BCUT2D eigenvalue weighted by molar-refractivity contribution is 0.0619. The van der Waals surface area contributed by atoms with Gasteiger partial charge in [-0.25, -0.2) is 4.98 Å². The number of ether oxygens (including phenoxy) is 3. The minimum atomic E-state index is 0.0320. The molecule has 45 heavy (non-hydrogen) atoms. The number of nitrogens with one attached hydrogen (secondary N) is 1. The van der Waals surface area contributed by atoms with Gasteiger partial charge in [0.25, 0.3) is 5.91 Å². The number of carbonyl (C=O) groups excluding carboxylic acids is 1. The van der Waals surface area contributed by atoms with Gasteiger partial charge in [-0.3, -0.25) is 9.69 Å². The van der Waals surface area contributed by atoms with Crippen LogP contribution in [0.1, 0.15) is 21.6 Å². The van der Waals surface area contributed by atoms with Crippen molar-refractivity contribution in [2.75, 3.05) is 38.3 Å². The van der Waals surface area contributed by atoms with Crippen LogP contribution in [0, 0.1) is 0 Å². The molecular formula is C34H31Cl2N5O4. The number of piperazine rings is 1. The molecule has 0 aliphatic carbocycles.